The third kappa shape index (κ3) is 5.57. The van der Waals surface area contributed by atoms with E-state index in [1.54, 1.807) is 45.4 Å². The number of fused-ring (bicyclic) bond motifs is 1. The molecule has 4 heterocycles. The Balaban J connectivity index is 1.55. The zero-order chi connectivity index (χ0) is 29.5. The minimum Gasteiger partial charge on any atom is -0.481 e. The predicted octanol–water partition coefficient (Wildman–Crippen LogP) is 4.64. The molecule has 0 radical (unpaired) electrons. The van der Waals surface area contributed by atoms with E-state index in [2.05, 4.69) is 15.0 Å². The molecule has 1 saturated heterocycles. The van der Waals surface area contributed by atoms with E-state index in [1.807, 2.05) is 30.0 Å². The number of carboxylic acids is 1. The Morgan fingerprint density at radius 3 is 2.39 bits per heavy atom. The smallest absolute Gasteiger partial charge is 0.321 e. The summed E-state index contributed by atoms with van der Waals surface area (Å²) >= 11 is 1.35. The van der Waals surface area contributed by atoms with Gasteiger partial charge in [0.1, 0.15) is 0 Å². The van der Waals surface area contributed by atoms with Crippen LogP contribution in [0.25, 0.3) is 32.6 Å². The quantitative estimate of drug-likeness (QED) is 0.285. The molecule has 1 fully saturated rings. The summed E-state index contributed by atoms with van der Waals surface area (Å²) in [5.74, 6) is -0.219. The second kappa shape index (κ2) is 10.7. The number of benzene rings is 1. The third-order valence-corrected chi connectivity index (χ3v) is 8.80. The van der Waals surface area contributed by atoms with Gasteiger partial charge in [-0.2, -0.15) is 0 Å². The van der Waals surface area contributed by atoms with Gasteiger partial charge in [-0.15, -0.1) is 0 Å². The number of carbonyl (C=O) groups excluding carboxylic acids is 1. The van der Waals surface area contributed by atoms with Gasteiger partial charge in [0.15, 0.2) is 5.13 Å². The van der Waals surface area contributed by atoms with Crippen LogP contribution in [0.15, 0.2) is 42.9 Å². The number of primary amides is 1. The molecule has 214 valence electrons. The molecule has 0 atom stereocenters. The SMILES string of the molecule is CCN(C(N)=O)c1nc2cc(-c3cnc(N4CCC(C)(C(=O)O)CC4)nc3)cc(-c3cc(C(C)(C)O)ccn3)c2s1. The Kier molecular flexibility index (Phi) is 7.39. The first-order chi connectivity index (χ1) is 19.4. The molecule has 0 aliphatic carbocycles. The minimum absolute atomic E-state index is 0.376. The molecule has 1 aliphatic rings. The van der Waals surface area contributed by atoms with Crippen molar-refractivity contribution in [2.75, 3.05) is 29.4 Å². The number of aliphatic carboxylic acids is 1. The molecular formula is C29H33N7O4S. The number of nitrogens with two attached hydrogens (primary N) is 1. The highest BCUT2D eigenvalue weighted by atomic mass is 32.1. The largest absolute Gasteiger partial charge is 0.481 e. The summed E-state index contributed by atoms with van der Waals surface area (Å²) < 4.78 is 0.830. The lowest BCUT2D eigenvalue weighted by molar-refractivity contribution is -0.149. The number of carboxylic acid groups (broad SMARTS) is 1. The number of hydrogen-bond donors (Lipinski definition) is 3. The number of anilines is 2. The van der Waals surface area contributed by atoms with Gasteiger partial charge >= 0.3 is 12.0 Å². The summed E-state index contributed by atoms with van der Waals surface area (Å²) in [5.41, 5.74) is 8.22. The molecule has 5 rings (SSSR count). The fourth-order valence-electron chi connectivity index (χ4n) is 4.88. The van der Waals surface area contributed by atoms with Crippen molar-refractivity contribution in [3.05, 3.63) is 48.4 Å². The topological polar surface area (TPSA) is 159 Å². The van der Waals surface area contributed by atoms with Crippen LogP contribution in [0, 0.1) is 5.41 Å². The van der Waals surface area contributed by atoms with Crippen molar-refractivity contribution >= 4 is 44.6 Å². The number of amides is 2. The van der Waals surface area contributed by atoms with Gasteiger partial charge in [0.05, 0.1) is 26.9 Å². The average molecular weight is 576 g/mol. The van der Waals surface area contributed by atoms with Crippen LogP contribution < -0.4 is 15.5 Å². The van der Waals surface area contributed by atoms with Gasteiger partial charge in [-0.05, 0) is 75.9 Å². The van der Waals surface area contributed by atoms with Gasteiger partial charge in [-0.3, -0.25) is 14.7 Å². The van der Waals surface area contributed by atoms with Crippen LogP contribution >= 0.6 is 11.3 Å². The second-order valence-corrected chi connectivity index (χ2v) is 12.0. The number of urea groups is 1. The molecule has 1 aliphatic heterocycles. The van der Waals surface area contributed by atoms with Crippen LogP contribution in [0.3, 0.4) is 0 Å². The van der Waals surface area contributed by atoms with Gasteiger partial charge in [0.2, 0.25) is 5.95 Å². The van der Waals surface area contributed by atoms with Gasteiger partial charge in [-0.25, -0.2) is 19.7 Å². The molecule has 1 aromatic carbocycles. The van der Waals surface area contributed by atoms with Crippen molar-refractivity contribution < 1.29 is 19.8 Å². The number of aliphatic hydroxyl groups is 1. The Hall–Kier alpha value is -4.16. The fourth-order valence-corrected chi connectivity index (χ4v) is 6.02. The standard InChI is InChI=1S/C29H33N7O4S/c1-5-36(25(30)39)27-34-22-13-17(12-20(23(22)41-27)21-14-19(6-9-31-21)28(2,3)40)18-15-32-26(33-16-18)35-10-7-29(4,8-11-35)24(37)38/h6,9,12-16,40H,5,7-8,10-11H2,1-4H3,(H2,30,39)(H,37,38). The maximum atomic E-state index is 12.1. The van der Waals surface area contributed by atoms with E-state index in [4.69, 9.17) is 10.7 Å². The molecule has 0 unspecified atom stereocenters. The number of pyridine rings is 1. The zero-order valence-electron chi connectivity index (χ0n) is 23.5. The maximum Gasteiger partial charge on any atom is 0.321 e. The number of hydrogen-bond acceptors (Lipinski definition) is 9. The summed E-state index contributed by atoms with van der Waals surface area (Å²) in [6, 6.07) is 6.95. The number of nitrogens with zero attached hydrogens (tertiary/aromatic N) is 6. The van der Waals surface area contributed by atoms with Crippen LogP contribution in [-0.4, -0.2) is 61.8 Å². The van der Waals surface area contributed by atoms with E-state index in [-0.39, 0.29) is 0 Å². The van der Waals surface area contributed by atoms with E-state index < -0.39 is 23.0 Å². The number of aromatic nitrogens is 4. The van der Waals surface area contributed by atoms with Crippen molar-refractivity contribution in [3.63, 3.8) is 0 Å². The minimum atomic E-state index is -1.06. The molecule has 3 aromatic heterocycles. The van der Waals surface area contributed by atoms with Gasteiger partial charge in [-0.1, -0.05) is 11.3 Å². The first-order valence-electron chi connectivity index (χ1n) is 13.4. The highest BCUT2D eigenvalue weighted by molar-refractivity contribution is 7.23. The highest BCUT2D eigenvalue weighted by Crippen LogP contribution is 2.40. The number of rotatable bonds is 7. The summed E-state index contributed by atoms with van der Waals surface area (Å²) in [4.78, 5) is 45.6. The van der Waals surface area contributed by atoms with Gasteiger partial charge in [0.25, 0.3) is 0 Å². The van der Waals surface area contributed by atoms with Crippen molar-refractivity contribution in [1.29, 1.82) is 0 Å². The second-order valence-electron chi connectivity index (χ2n) is 11.1. The normalized spacial score (nSPS) is 15.2. The van der Waals surface area contributed by atoms with E-state index >= 15 is 0 Å². The van der Waals surface area contributed by atoms with Crippen LogP contribution in [0.1, 0.15) is 46.1 Å². The van der Waals surface area contributed by atoms with Crippen LogP contribution in [0.2, 0.25) is 0 Å². The predicted molar refractivity (Wildman–Crippen MR) is 159 cm³/mol. The number of piperidine rings is 1. The summed E-state index contributed by atoms with van der Waals surface area (Å²) in [5, 5.41) is 20.6. The average Bonchev–Trinajstić information content (AvgIpc) is 3.36. The first kappa shape index (κ1) is 28.4. The van der Waals surface area contributed by atoms with E-state index in [1.165, 1.54) is 16.2 Å². The van der Waals surface area contributed by atoms with E-state index in [0.29, 0.717) is 60.3 Å². The van der Waals surface area contributed by atoms with Crippen LogP contribution in [-0.2, 0) is 10.4 Å². The first-order valence-corrected chi connectivity index (χ1v) is 14.2. The molecule has 4 N–H and O–H groups in total. The van der Waals surface area contributed by atoms with Crippen molar-refractivity contribution in [3.8, 4) is 22.4 Å². The third-order valence-electron chi connectivity index (χ3n) is 7.67. The molecule has 12 heteroatoms. The lowest BCUT2D eigenvalue weighted by Crippen LogP contribution is -2.43. The zero-order valence-corrected chi connectivity index (χ0v) is 24.3. The Morgan fingerprint density at radius 2 is 1.80 bits per heavy atom. The Labute approximate surface area is 241 Å². The van der Waals surface area contributed by atoms with Crippen molar-refractivity contribution in [2.45, 2.75) is 46.1 Å². The number of carbonyl (C=O) groups is 2. The van der Waals surface area contributed by atoms with Gasteiger partial charge < -0.3 is 20.8 Å². The lowest BCUT2D eigenvalue weighted by Gasteiger charge is -2.36. The van der Waals surface area contributed by atoms with Crippen molar-refractivity contribution in [1.82, 2.24) is 19.9 Å². The molecule has 0 spiro atoms. The molecule has 0 saturated carbocycles. The summed E-state index contributed by atoms with van der Waals surface area (Å²) in [7, 11) is 0. The summed E-state index contributed by atoms with van der Waals surface area (Å²) in [6.07, 6.45) is 6.20. The van der Waals surface area contributed by atoms with E-state index in [9.17, 15) is 19.8 Å². The monoisotopic (exact) mass is 575 g/mol. The summed E-state index contributed by atoms with van der Waals surface area (Å²) in [6.45, 7) is 8.57. The molecular weight excluding hydrogens is 542 g/mol. The highest BCUT2D eigenvalue weighted by Gasteiger charge is 2.37. The van der Waals surface area contributed by atoms with Crippen LogP contribution in [0.5, 0.6) is 0 Å². The lowest BCUT2D eigenvalue weighted by atomic mass is 9.80. The molecule has 4 aromatic rings. The molecule has 41 heavy (non-hydrogen) atoms. The fraction of sp³-hybridized carbons (Fsp3) is 0.379. The molecule has 2 amide bonds. The van der Waals surface area contributed by atoms with Crippen molar-refractivity contribution in [2.24, 2.45) is 11.1 Å². The van der Waals surface area contributed by atoms with Crippen LogP contribution in [0.4, 0.5) is 15.9 Å². The Morgan fingerprint density at radius 1 is 1.12 bits per heavy atom. The molecule has 11 nitrogen and oxygen atoms in total. The Bertz CT molecular complexity index is 1610. The van der Waals surface area contributed by atoms with Gasteiger partial charge in [0, 0.05) is 49.4 Å². The maximum absolute atomic E-state index is 12.1. The van der Waals surface area contributed by atoms with E-state index in [0.717, 1.165) is 21.4 Å². The molecule has 0 bridgehead atoms. The number of thiazole rings is 1.